The molecule has 3 bridgehead atoms. The van der Waals surface area contributed by atoms with Crippen molar-refractivity contribution in [2.24, 2.45) is 17.3 Å². The third kappa shape index (κ3) is 7.22. The number of nitrogens with one attached hydrogen (secondary N) is 3. The van der Waals surface area contributed by atoms with E-state index in [0.29, 0.717) is 43.6 Å². The highest BCUT2D eigenvalue weighted by molar-refractivity contribution is 7.91. The van der Waals surface area contributed by atoms with Crippen molar-refractivity contribution in [2.75, 3.05) is 13.7 Å². The molecule has 3 N–H and O–H groups in total. The van der Waals surface area contributed by atoms with Gasteiger partial charge in [0.25, 0.3) is 5.91 Å². The fraction of sp³-hybridized carbons (Fsp3) is 0.643. The topological polar surface area (TPSA) is 182 Å². The molecule has 3 aliphatic heterocycles. The molecule has 0 radical (unpaired) electrons. The van der Waals surface area contributed by atoms with E-state index in [4.69, 9.17) is 19.2 Å². The number of aryl methyl sites for hydroxylation is 2. The van der Waals surface area contributed by atoms with E-state index >= 15 is 0 Å². The maximum absolute atomic E-state index is 14.9. The molecule has 14 nitrogen and oxygen atoms in total. The molecular weight excluding hydrogens is 751 g/mol. The molecular formula is C42H55N5O9S. The zero-order valence-electron chi connectivity index (χ0n) is 33.6. The molecule has 8 rings (SSSR count). The van der Waals surface area contributed by atoms with Gasteiger partial charge in [0.15, 0.2) is 0 Å². The predicted octanol–water partition coefficient (Wildman–Crippen LogP) is 4.61. The van der Waals surface area contributed by atoms with Crippen LogP contribution in [0, 0.1) is 17.3 Å². The fourth-order valence-corrected chi connectivity index (χ4v) is 10.4. The number of carbonyl (C=O) groups excluding carboxylic acids is 4. The van der Waals surface area contributed by atoms with Gasteiger partial charge in [0.2, 0.25) is 21.8 Å². The van der Waals surface area contributed by atoms with Crippen molar-refractivity contribution in [1.82, 2.24) is 25.2 Å². The van der Waals surface area contributed by atoms with E-state index < -0.39 is 73.1 Å². The van der Waals surface area contributed by atoms with Gasteiger partial charge in [-0.1, -0.05) is 39.7 Å². The zero-order chi connectivity index (χ0) is 40.7. The Morgan fingerprint density at radius 3 is 2.56 bits per heavy atom. The van der Waals surface area contributed by atoms with Gasteiger partial charge in [-0.05, 0) is 94.2 Å². The van der Waals surface area contributed by atoms with Crippen LogP contribution in [0.3, 0.4) is 0 Å². The first kappa shape index (κ1) is 39.4. The van der Waals surface area contributed by atoms with E-state index in [1.165, 1.54) is 11.0 Å². The lowest BCUT2D eigenvalue weighted by molar-refractivity contribution is -0.143. The van der Waals surface area contributed by atoms with Gasteiger partial charge in [0.05, 0.1) is 29.6 Å². The molecule has 308 valence electrons. The number of fused-ring (bicyclic) bond motifs is 4. The number of pyridine rings is 1. The number of carbonyl (C=O) groups is 4. The summed E-state index contributed by atoms with van der Waals surface area (Å²) in [5.74, 6) is -0.823. The number of benzene rings is 1. The van der Waals surface area contributed by atoms with Gasteiger partial charge >= 0.3 is 6.09 Å². The average Bonchev–Trinajstić information content (AvgIpc) is 4.12. The smallest absolute Gasteiger partial charge is 0.408 e. The Morgan fingerprint density at radius 1 is 1.11 bits per heavy atom. The van der Waals surface area contributed by atoms with Crippen LogP contribution in [0.4, 0.5) is 4.79 Å². The molecule has 7 atom stereocenters. The number of ether oxygens (including phenoxy) is 3. The second-order valence-corrected chi connectivity index (χ2v) is 20.8. The molecule has 1 aromatic carbocycles. The van der Waals surface area contributed by atoms with Crippen molar-refractivity contribution >= 4 is 44.7 Å². The Balaban J connectivity index is 1.17. The maximum Gasteiger partial charge on any atom is 0.408 e. The Bertz CT molecular complexity index is 2150. The number of hydrogen-bond acceptors (Lipinski definition) is 10. The summed E-state index contributed by atoms with van der Waals surface area (Å²) in [6, 6.07) is 3.63. The number of nitrogens with zero attached hydrogens (tertiary/aromatic N) is 2. The van der Waals surface area contributed by atoms with Crippen LogP contribution in [0.5, 0.6) is 11.5 Å². The largest absolute Gasteiger partial charge is 0.497 e. The summed E-state index contributed by atoms with van der Waals surface area (Å²) in [5, 5.41) is 6.67. The average molecular weight is 806 g/mol. The van der Waals surface area contributed by atoms with Crippen LogP contribution in [0.2, 0.25) is 0 Å². The monoisotopic (exact) mass is 805 g/mol. The van der Waals surface area contributed by atoms with Gasteiger partial charge in [-0.3, -0.25) is 19.1 Å². The summed E-state index contributed by atoms with van der Waals surface area (Å²) in [5.41, 5.74) is -0.681. The van der Waals surface area contributed by atoms with Crippen LogP contribution in [0.15, 0.2) is 30.9 Å². The van der Waals surface area contributed by atoms with Crippen molar-refractivity contribution in [3.63, 3.8) is 0 Å². The molecule has 57 heavy (non-hydrogen) atoms. The first-order valence-electron chi connectivity index (χ1n) is 20.4. The van der Waals surface area contributed by atoms with Crippen molar-refractivity contribution < 1.29 is 41.8 Å². The number of rotatable bonds is 7. The van der Waals surface area contributed by atoms with Crippen molar-refractivity contribution in [3.05, 3.63) is 42.1 Å². The first-order chi connectivity index (χ1) is 26.9. The molecule has 4 heterocycles. The molecule has 4 amide bonds. The van der Waals surface area contributed by atoms with Crippen molar-refractivity contribution in [3.8, 4) is 11.5 Å². The Morgan fingerprint density at radius 2 is 1.88 bits per heavy atom. The quantitative estimate of drug-likeness (QED) is 0.334. The highest BCUT2D eigenvalue weighted by Crippen LogP contribution is 2.49. The molecule has 15 heteroatoms. The third-order valence-corrected chi connectivity index (χ3v) is 15.5. The van der Waals surface area contributed by atoms with E-state index in [1.54, 1.807) is 14.0 Å². The van der Waals surface area contributed by atoms with Crippen LogP contribution in [0.25, 0.3) is 10.9 Å². The van der Waals surface area contributed by atoms with E-state index in [-0.39, 0.29) is 31.4 Å². The van der Waals surface area contributed by atoms with E-state index in [9.17, 15) is 27.6 Å². The van der Waals surface area contributed by atoms with Gasteiger partial charge in [0, 0.05) is 23.3 Å². The summed E-state index contributed by atoms with van der Waals surface area (Å²) in [6.45, 7) is 11.0. The van der Waals surface area contributed by atoms with Gasteiger partial charge in [0.1, 0.15) is 40.8 Å². The SMILES string of the molecule is C=C[C@@H]1C[C@]1(NC(=O)[C@@H]1C[C@]23CCc4c(c(nc5ccc(OC)cc45)CCCCC[C@@H]4C[C@H]4OC(=O)N[C@@H](C(C)(C)C)C(=O)N1C2)O3)C(=O)NS(=O)(=O)C1(C)CC1. The fourth-order valence-electron chi connectivity index (χ4n) is 9.07. The molecule has 3 saturated carbocycles. The highest BCUT2D eigenvalue weighted by Gasteiger charge is 2.64. The summed E-state index contributed by atoms with van der Waals surface area (Å²) in [7, 11) is -2.38. The van der Waals surface area contributed by atoms with Gasteiger partial charge < -0.3 is 29.7 Å². The third-order valence-electron chi connectivity index (χ3n) is 13.3. The van der Waals surface area contributed by atoms with E-state index in [1.807, 2.05) is 39.0 Å². The molecule has 1 aromatic heterocycles. The molecule has 1 spiro atoms. The Kier molecular flexibility index (Phi) is 9.59. The molecule has 0 unspecified atom stereocenters. The van der Waals surface area contributed by atoms with Crippen LogP contribution in [-0.2, 0) is 42.0 Å². The summed E-state index contributed by atoms with van der Waals surface area (Å²) in [4.78, 5) is 63.4. The van der Waals surface area contributed by atoms with Gasteiger partial charge in [-0.2, -0.15) is 0 Å². The second kappa shape index (κ2) is 13.9. The number of methoxy groups -OCH3 is 1. The van der Waals surface area contributed by atoms with E-state index in [0.717, 1.165) is 54.3 Å². The number of amides is 4. The molecule has 1 saturated heterocycles. The molecule has 2 aromatic rings. The molecule has 3 aliphatic carbocycles. The zero-order valence-corrected chi connectivity index (χ0v) is 34.4. The number of aromatic nitrogens is 1. The van der Waals surface area contributed by atoms with Crippen LogP contribution >= 0.6 is 0 Å². The van der Waals surface area contributed by atoms with E-state index in [2.05, 4.69) is 21.9 Å². The maximum atomic E-state index is 14.9. The van der Waals surface area contributed by atoms with Crippen molar-refractivity contribution in [1.29, 1.82) is 0 Å². The summed E-state index contributed by atoms with van der Waals surface area (Å²) >= 11 is 0. The predicted molar refractivity (Wildman–Crippen MR) is 211 cm³/mol. The summed E-state index contributed by atoms with van der Waals surface area (Å²) in [6.07, 6.45) is 8.03. The van der Waals surface area contributed by atoms with Crippen LogP contribution < -0.4 is 24.8 Å². The normalized spacial score (nSPS) is 31.9. The number of hydrogen-bond donors (Lipinski definition) is 3. The lowest BCUT2D eigenvalue weighted by Crippen LogP contribution is -2.60. The number of alkyl carbamates (subject to hydrolysis) is 1. The second-order valence-electron chi connectivity index (χ2n) is 18.6. The molecule has 4 fully saturated rings. The van der Waals surface area contributed by atoms with Gasteiger partial charge in [-0.15, -0.1) is 6.58 Å². The Labute approximate surface area is 334 Å². The van der Waals surface area contributed by atoms with Crippen LogP contribution in [0.1, 0.15) is 103 Å². The lowest BCUT2D eigenvalue weighted by atomic mass is 9.85. The first-order valence-corrected chi connectivity index (χ1v) is 21.9. The summed E-state index contributed by atoms with van der Waals surface area (Å²) < 4.78 is 46.0. The van der Waals surface area contributed by atoms with Crippen molar-refractivity contribution in [2.45, 2.75) is 139 Å². The minimum absolute atomic E-state index is 0.0315. The minimum Gasteiger partial charge on any atom is -0.497 e. The van der Waals surface area contributed by atoms with Gasteiger partial charge in [-0.25, -0.2) is 18.2 Å². The van der Waals surface area contributed by atoms with Crippen LogP contribution in [-0.4, -0.2) is 89.8 Å². The number of sulfonamides is 1. The Hall–Kier alpha value is -4.40. The minimum atomic E-state index is -4.00. The highest BCUT2D eigenvalue weighted by atomic mass is 32.2. The lowest BCUT2D eigenvalue weighted by Gasteiger charge is -2.38. The molecule has 6 aliphatic rings. The standard InChI is InChI=1S/C42H55N5O9S/c1-7-25-21-42(25,37(50)46-57(52,53)40(5)17-18-40)45-35(48)31-22-41-16-15-27-28-20-26(54-6)13-14-29(28)43-30(33(27)56-41)12-10-8-9-11-24-19-32(24)55-38(51)44-34(39(2,3)4)36(49)47(31)23-41/h7,13-14,20,24-25,31-32,34H,1,8-12,15-19,21-23H2,2-6H3,(H,44,51)(H,45,48)(H,46,50)/t24-,25-,31+,32-,34-,41-,42-/m1/s1.